The number of hydrogen-bond acceptors (Lipinski definition) is 5. The Kier molecular flexibility index (Phi) is 5.18. The number of fused-ring (bicyclic) bond motifs is 1. The van der Waals surface area contributed by atoms with E-state index in [2.05, 4.69) is 40.0 Å². The summed E-state index contributed by atoms with van der Waals surface area (Å²) in [6.45, 7) is 4.25. The van der Waals surface area contributed by atoms with E-state index in [1.807, 2.05) is 17.5 Å². The average molecular weight is 381 g/mol. The molecule has 3 heterocycles. The summed E-state index contributed by atoms with van der Waals surface area (Å²) < 4.78 is 1.24. The molecule has 1 atom stereocenters. The fourth-order valence-corrected chi connectivity index (χ4v) is 4.53. The van der Waals surface area contributed by atoms with Crippen LogP contribution in [0.25, 0.3) is 10.2 Å². The van der Waals surface area contributed by atoms with E-state index in [4.69, 9.17) is 0 Å². The molecule has 3 aromatic rings. The minimum absolute atomic E-state index is 0.0814. The number of carbonyl (C=O) groups is 1. The summed E-state index contributed by atoms with van der Waals surface area (Å²) in [5.74, 6) is 0.0814. The van der Waals surface area contributed by atoms with Gasteiger partial charge in [-0.15, -0.1) is 11.3 Å². The molecular formula is C21H24N4OS. The van der Waals surface area contributed by atoms with Crippen molar-refractivity contribution >= 4 is 27.5 Å². The zero-order valence-corrected chi connectivity index (χ0v) is 16.5. The lowest BCUT2D eigenvalue weighted by molar-refractivity contribution is 0.0605. The van der Waals surface area contributed by atoms with Crippen LogP contribution in [0, 0.1) is 0 Å². The molecule has 1 unspecified atom stereocenters. The molecule has 0 saturated carbocycles. The van der Waals surface area contributed by atoms with Gasteiger partial charge < -0.3 is 4.90 Å². The minimum Gasteiger partial charge on any atom is -0.339 e. The summed E-state index contributed by atoms with van der Waals surface area (Å²) in [5, 5.41) is 0. The lowest BCUT2D eigenvalue weighted by Gasteiger charge is -2.39. The third kappa shape index (κ3) is 3.73. The van der Waals surface area contributed by atoms with Gasteiger partial charge in [0.15, 0.2) is 0 Å². The monoisotopic (exact) mass is 380 g/mol. The van der Waals surface area contributed by atoms with Crippen LogP contribution in [0.1, 0.15) is 41.7 Å². The molecule has 1 fully saturated rings. The fourth-order valence-electron chi connectivity index (χ4n) is 3.87. The number of piperidine rings is 1. The normalized spacial score (nSPS) is 17.1. The molecule has 0 N–H and O–H groups in total. The van der Waals surface area contributed by atoms with Crippen LogP contribution in [0.15, 0.2) is 48.2 Å². The highest BCUT2D eigenvalue weighted by Gasteiger charge is 2.28. The third-order valence-corrected chi connectivity index (χ3v) is 6.49. The van der Waals surface area contributed by atoms with Crippen molar-refractivity contribution in [3.8, 4) is 0 Å². The van der Waals surface area contributed by atoms with Crippen LogP contribution < -0.4 is 0 Å². The second-order valence-corrected chi connectivity index (χ2v) is 8.06. The maximum Gasteiger partial charge on any atom is 0.253 e. The highest BCUT2D eigenvalue weighted by molar-refractivity contribution is 7.16. The number of nitrogens with zero attached hydrogens (tertiary/aromatic N) is 4. The zero-order chi connectivity index (χ0) is 18.8. The highest BCUT2D eigenvalue weighted by atomic mass is 32.1. The first-order chi connectivity index (χ1) is 13.1. The van der Waals surface area contributed by atoms with Crippen LogP contribution in [0.5, 0.6) is 0 Å². The number of carbonyl (C=O) groups excluding carboxylic acids is 1. The SMILES string of the molecule is CC(c1ccc2scnc2c1)N1CCC(N(C)C(=O)c2ccncc2)CC1. The van der Waals surface area contributed by atoms with Gasteiger partial charge in [-0.2, -0.15) is 0 Å². The van der Waals surface area contributed by atoms with Crippen LogP contribution in [0.4, 0.5) is 0 Å². The Bertz CT molecular complexity index is 918. The first kappa shape index (κ1) is 18.1. The summed E-state index contributed by atoms with van der Waals surface area (Å²) in [6.07, 6.45) is 5.34. The van der Waals surface area contributed by atoms with Crippen molar-refractivity contribution in [1.29, 1.82) is 0 Å². The molecule has 27 heavy (non-hydrogen) atoms. The van der Waals surface area contributed by atoms with Gasteiger partial charge in [0.2, 0.25) is 0 Å². The van der Waals surface area contributed by atoms with Crippen LogP contribution >= 0.6 is 11.3 Å². The number of pyridine rings is 1. The molecule has 1 saturated heterocycles. The molecule has 140 valence electrons. The fraction of sp³-hybridized carbons (Fsp3) is 0.381. The Morgan fingerprint density at radius 3 is 2.70 bits per heavy atom. The smallest absolute Gasteiger partial charge is 0.253 e. The topological polar surface area (TPSA) is 49.3 Å². The Labute approximate surface area is 163 Å². The number of amides is 1. The predicted molar refractivity (Wildman–Crippen MR) is 109 cm³/mol. The lowest BCUT2D eigenvalue weighted by atomic mass is 9.98. The first-order valence-corrected chi connectivity index (χ1v) is 10.3. The Morgan fingerprint density at radius 2 is 1.96 bits per heavy atom. The van der Waals surface area contributed by atoms with Crippen LogP contribution in [0.2, 0.25) is 0 Å². The van der Waals surface area contributed by atoms with Gasteiger partial charge in [-0.25, -0.2) is 4.98 Å². The largest absolute Gasteiger partial charge is 0.339 e. The summed E-state index contributed by atoms with van der Waals surface area (Å²) in [6, 6.07) is 10.8. The molecule has 1 aromatic carbocycles. The van der Waals surface area contributed by atoms with Gasteiger partial charge in [0.05, 0.1) is 15.7 Å². The third-order valence-electron chi connectivity index (χ3n) is 5.68. The average Bonchev–Trinajstić information content (AvgIpc) is 3.21. The van der Waals surface area contributed by atoms with Gasteiger partial charge in [-0.1, -0.05) is 6.07 Å². The maximum absolute atomic E-state index is 12.7. The van der Waals surface area contributed by atoms with Gasteiger partial charge in [-0.3, -0.25) is 14.7 Å². The molecule has 0 aliphatic carbocycles. The number of thiazole rings is 1. The quantitative estimate of drug-likeness (QED) is 0.687. The number of rotatable bonds is 4. The van der Waals surface area contributed by atoms with Crippen molar-refractivity contribution in [3.05, 3.63) is 59.4 Å². The predicted octanol–water partition coefficient (Wildman–Crippen LogP) is 3.99. The molecule has 4 rings (SSSR count). The van der Waals surface area contributed by atoms with E-state index in [0.29, 0.717) is 11.6 Å². The van der Waals surface area contributed by atoms with E-state index in [-0.39, 0.29) is 11.9 Å². The van der Waals surface area contributed by atoms with Gasteiger partial charge in [0, 0.05) is 50.2 Å². The van der Waals surface area contributed by atoms with Crippen LogP contribution in [0.3, 0.4) is 0 Å². The van der Waals surface area contributed by atoms with E-state index in [9.17, 15) is 4.79 Å². The molecule has 1 aliphatic heterocycles. The van der Waals surface area contributed by atoms with Gasteiger partial charge in [0.1, 0.15) is 0 Å². The molecule has 1 amide bonds. The number of likely N-dealkylation sites (tertiary alicyclic amines) is 1. The Hall–Kier alpha value is -2.31. The van der Waals surface area contributed by atoms with E-state index in [1.54, 1.807) is 35.9 Å². The number of hydrogen-bond donors (Lipinski definition) is 0. The van der Waals surface area contributed by atoms with E-state index < -0.39 is 0 Å². The molecule has 0 spiro atoms. The van der Waals surface area contributed by atoms with Gasteiger partial charge >= 0.3 is 0 Å². The van der Waals surface area contributed by atoms with E-state index >= 15 is 0 Å². The van der Waals surface area contributed by atoms with Crippen molar-refractivity contribution in [2.24, 2.45) is 0 Å². The van der Waals surface area contributed by atoms with Crippen molar-refractivity contribution in [3.63, 3.8) is 0 Å². The summed E-state index contributed by atoms with van der Waals surface area (Å²) >= 11 is 1.68. The maximum atomic E-state index is 12.7. The number of aromatic nitrogens is 2. The highest BCUT2D eigenvalue weighted by Crippen LogP contribution is 2.29. The molecular weight excluding hydrogens is 356 g/mol. The lowest BCUT2D eigenvalue weighted by Crippen LogP contribution is -2.46. The first-order valence-electron chi connectivity index (χ1n) is 9.38. The molecule has 6 heteroatoms. The molecule has 0 bridgehead atoms. The summed E-state index contributed by atoms with van der Waals surface area (Å²) in [5.41, 5.74) is 5.01. The molecule has 5 nitrogen and oxygen atoms in total. The van der Waals surface area contributed by atoms with Gasteiger partial charge in [-0.05, 0) is 49.6 Å². The van der Waals surface area contributed by atoms with Crippen LogP contribution in [-0.4, -0.2) is 51.9 Å². The van der Waals surface area contributed by atoms with E-state index in [0.717, 1.165) is 31.4 Å². The second-order valence-electron chi connectivity index (χ2n) is 7.17. The van der Waals surface area contributed by atoms with Gasteiger partial charge in [0.25, 0.3) is 5.91 Å². The molecule has 0 radical (unpaired) electrons. The van der Waals surface area contributed by atoms with E-state index in [1.165, 1.54) is 10.3 Å². The minimum atomic E-state index is 0.0814. The van der Waals surface area contributed by atoms with Crippen molar-refractivity contribution in [2.45, 2.75) is 31.8 Å². The van der Waals surface area contributed by atoms with Crippen molar-refractivity contribution < 1.29 is 4.79 Å². The standard InChI is InChI=1S/C21H24N4OS/c1-15(17-3-4-20-19(13-17)23-14-27-20)25-11-7-18(8-12-25)24(2)21(26)16-5-9-22-10-6-16/h3-6,9-10,13-15,18H,7-8,11-12H2,1-2H3. The summed E-state index contributed by atoms with van der Waals surface area (Å²) in [7, 11) is 1.92. The second kappa shape index (κ2) is 7.74. The zero-order valence-electron chi connectivity index (χ0n) is 15.7. The molecule has 1 aliphatic rings. The Balaban J connectivity index is 1.38. The van der Waals surface area contributed by atoms with Crippen LogP contribution in [-0.2, 0) is 0 Å². The molecule has 2 aromatic heterocycles. The Morgan fingerprint density at radius 1 is 1.22 bits per heavy atom. The number of benzene rings is 1. The summed E-state index contributed by atoms with van der Waals surface area (Å²) in [4.78, 5) is 25.5. The van der Waals surface area contributed by atoms with Crippen molar-refractivity contribution in [2.75, 3.05) is 20.1 Å². The van der Waals surface area contributed by atoms with Crippen molar-refractivity contribution in [1.82, 2.24) is 19.8 Å².